The SMILES string of the molecule is c1ccc(-c2ccc(-c3ccc(N(c4ccccc4)c4ccc(-c5ccccc5-n5c6ccccc6c6ccccc65)cc4-c4cccc5sc6ccccc6c45)cc3)c3ccccc23)cc1. The predicted molar refractivity (Wildman–Crippen MR) is 288 cm³/mol. The van der Waals surface area contributed by atoms with Crippen molar-refractivity contribution in [2.75, 3.05) is 4.90 Å². The van der Waals surface area contributed by atoms with Gasteiger partial charge in [0.1, 0.15) is 0 Å². The average Bonchev–Trinajstić information content (AvgIpc) is 3.95. The molecule has 11 aromatic carbocycles. The molecule has 3 heteroatoms. The topological polar surface area (TPSA) is 8.17 Å². The fourth-order valence-electron chi connectivity index (χ4n) is 10.4. The van der Waals surface area contributed by atoms with Crippen molar-refractivity contribution >= 4 is 81.1 Å². The number of anilines is 3. The quantitative estimate of drug-likeness (QED) is 0.148. The highest BCUT2D eigenvalue weighted by Gasteiger charge is 2.23. The molecule has 0 saturated carbocycles. The van der Waals surface area contributed by atoms with E-state index < -0.39 is 0 Å². The summed E-state index contributed by atoms with van der Waals surface area (Å²) < 4.78 is 5.01. The molecular weight excluding hydrogens is 829 g/mol. The van der Waals surface area contributed by atoms with Gasteiger partial charge in [-0.1, -0.05) is 188 Å². The number of rotatable bonds is 8. The van der Waals surface area contributed by atoms with Crippen molar-refractivity contribution in [1.82, 2.24) is 4.57 Å². The Labute approximate surface area is 393 Å². The number of para-hydroxylation sites is 4. The van der Waals surface area contributed by atoms with Crippen molar-refractivity contribution in [3.05, 3.63) is 255 Å². The monoisotopic (exact) mass is 870 g/mol. The van der Waals surface area contributed by atoms with Crippen molar-refractivity contribution in [2.24, 2.45) is 0 Å². The molecule has 2 heterocycles. The maximum Gasteiger partial charge on any atom is 0.0541 e. The molecule has 0 fully saturated rings. The van der Waals surface area contributed by atoms with E-state index in [9.17, 15) is 0 Å². The Hall–Kier alpha value is -8.50. The normalized spacial score (nSPS) is 11.6. The molecule has 0 amide bonds. The molecule has 0 unspecified atom stereocenters. The molecule has 2 nitrogen and oxygen atoms in total. The van der Waals surface area contributed by atoms with Crippen LogP contribution in [-0.2, 0) is 0 Å². The molecule has 0 radical (unpaired) electrons. The molecule has 0 spiro atoms. The lowest BCUT2D eigenvalue weighted by atomic mass is 9.91. The summed E-state index contributed by atoms with van der Waals surface area (Å²) in [5.41, 5.74) is 16.4. The first kappa shape index (κ1) is 38.9. The first-order valence-corrected chi connectivity index (χ1v) is 23.7. The fraction of sp³-hybridized carbons (Fsp3) is 0. The van der Waals surface area contributed by atoms with E-state index in [0.717, 1.165) is 28.3 Å². The van der Waals surface area contributed by atoms with Crippen LogP contribution >= 0.6 is 11.3 Å². The predicted octanol–water partition coefficient (Wildman–Crippen LogP) is 18.4. The number of hydrogen-bond donors (Lipinski definition) is 0. The summed E-state index contributed by atoms with van der Waals surface area (Å²) in [5, 5.41) is 7.56. The van der Waals surface area contributed by atoms with E-state index >= 15 is 0 Å². The molecule has 314 valence electrons. The largest absolute Gasteiger partial charge is 0.310 e. The van der Waals surface area contributed by atoms with Gasteiger partial charge in [0, 0.05) is 53.4 Å². The second-order valence-corrected chi connectivity index (χ2v) is 18.3. The van der Waals surface area contributed by atoms with Crippen LogP contribution in [-0.4, -0.2) is 4.57 Å². The summed E-state index contributed by atoms with van der Waals surface area (Å²) in [6.45, 7) is 0. The van der Waals surface area contributed by atoms with Gasteiger partial charge in [-0.15, -0.1) is 11.3 Å². The van der Waals surface area contributed by atoms with Crippen molar-refractivity contribution < 1.29 is 0 Å². The third-order valence-corrected chi connectivity index (χ3v) is 14.6. The van der Waals surface area contributed by atoms with E-state index in [1.54, 1.807) is 0 Å². The van der Waals surface area contributed by atoms with E-state index in [1.807, 2.05) is 11.3 Å². The lowest BCUT2D eigenvalue weighted by Gasteiger charge is -2.29. The van der Waals surface area contributed by atoms with Gasteiger partial charge in [-0.3, -0.25) is 0 Å². The van der Waals surface area contributed by atoms with Gasteiger partial charge in [0.25, 0.3) is 0 Å². The molecule has 0 atom stereocenters. The number of benzene rings is 11. The summed E-state index contributed by atoms with van der Waals surface area (Å²) in [6.07, 6.45) is 0. The molecule has 13 rings (SSSR count). The van der Waals surface area contributed by atoms with Crippen LogP contribution in [0.25, 0.3) is 103 Å². The number of fused-ring (bicyclic) bond motifs is 7. The zero-order chi connectivity index (χ0) is 44.3. The van der Waals surface area contributed by atoms with Gasteiger partial charge in [0.05, 0.1) is 22.4 Å². The second-order valence-electron chi connectivity index (χ2n) is 17.2. The van der Waals surface area contributed by atoms with E-state index in [2.05, 4.69) is 264 Å². The minimum Gasteiger partial charge on any atom is -0.310 e. The van der Waals surface area contributed by atoms with Gasteiger partial charge in [-0.2, -0.15) is 0 Å². The first-order valence-electron chi connectivity index (χ1n) is 22.9. The minimum atomic E-state index is 1.09. The maximum absolute atomic E-state index is 2.44. The van der Waals surface area contributed by atoms with Crippen LogP contribution in [0.4, 0.5) is 17.1 Å². The van der Waals surface area contributed by atoms with E-state index in [4.69, 9.17) is 0 Å². The number of hydrogen-bond acceptors (Lipinski definition) is 2. The number of thiophene rings is 1. The Kier molecular flexibility index (Phi) is 9.40. The Morgan fingerprint density at radius 1 is 0.299 bits per heavy atom. The van der Waals surface area contributed by atoms with Crippen LogP contribution in [0.2, 0.25) is 0 Å². The molecule has 0 N–H and O–H groups in total. The van der Waals surface area contributed by atoms with Gasteiger partial charge < -0.3 is 9.47 Å². The van der Waals surface area contributed by atoms with Crippen LogP contribution in [0, 0.1) is 0 Å². The lowest BCUT2D eigenvalue weighted by molar-refractivity contribution is 1.18. The molecule has 0 bridgehead atoms. The van der Waals surface area contributed by atoms with Crippen LogP contribution in [0.3, 0.4) is 0 Å². The molecule has 67 heavy (non-hydrogen) atoms. The fourth-order valence-corrected chi connectivity index (χ4v) is 11.6. The van der Waals surface area contributed by atoms with Gasteiger partial charge in [0.2, 0.25) is 0 Å². The zero-order valence-corrected chi connectivity index (χ0v) is 37.4. The van der Waals surface area contributed by atoms with E-state index in [0.29, 0.717) is 0 Å². The molecule has 0 saturated heterocycles. The Morgan fingerprint density at radius 2 is 0.806 bits per heavy atom. The Bertz CT molecular complexity index is 3920. The van der Waals surface area contributed by atoms with E-state index in [-0.39, 0.29) is 0 Å². The Morgan fingerprint density at radius 3 is 1.51 bits per heavy atom. The summed E-state index contributed by atoms with van der Waals surface area (Å²) >= 11 is 1.86. The van der Waals surface area contributed by atoms with E-state index in [1.165, 1.54) is 91.7 Å². The summed E-state index contributed by atoms with van der Waals surface area (Å²) in [5.74, 6) is 0. The van der Waals surface area contributed by atoms with Crippen LogP contribution < -0.4 is 4.90 Å². The second kappa shape index (κ2) is 16.2. The van der Waals surface area contributed by atoms with Crippen LogP contribution in [0.1, 0.15) is 0 Å². The molecule has 0 aliphatic rings. The highest BCUT2D eigenvalue weighted by atomic mass is 32.1. The molecule has 0 aliphatic heterocycles. The average molecular weight is 871 g/mol. The van der Waals surface area contributed by atoms with Crippen molar-refractivity contribution in [3.63, 3.8) is 0 Å². The standard InChI is InChI=1S/C64H42N2S/c1-3-18-43(19-4-1)48-39-40-49(52-24-8-7-23-51(48)52)44-34-37-47(38-35-44)65(46-20-5-2-6-21-46)61-41-36-45(42-57(61)55-28-17-33-63-64(55)56-27-12-16-32-62(56)67-63)50-22-9-13-29-58(50)66-59-30-14-10-25-53(59)54-26-11-15-31-60(54)66/h1-42H. The third kappa shape index (κ3) is 6.55. The number of nitrogens with zero attached hydrogens (tertiary/aromatic N) is 2. The van der Waals surface area contributed by atoms with Gasteiger partial charge in [-0.25, -0.2) is 0 Å². The lowest BCUT2D eigenvalue weighted by Crippen LogP contribution is -2.11. The zero-order valence-electron chi connectivity index (χ0n) is 36.6. The first-order chi connectivity index (χ1) is 33.3. The van der Waals surface area contributed by atoms with Crippen molar-refractivity contribution in [3.8, 4) is 50.2 Å². The van der Waals surface area contributed by atoms with Crippen molar-refractivity contribution in [1.29, 1.82) is 0 Å². The molecular formula is C64H42N2S. The molecule has 2 aromatic heterocycles. The van der Waals surface area contributed by atoms with Crippen LogP contribution in [0.5, 0.6) is 0 Å². The van der Waals surface area contributed by atoms with Gasteiger partial charge >= 0.3 is 0 Å². The minimum absolute atomic E-state index is 1.09. The van der Waals surface area contributed by atoms with Gasteiger partial charge in [-0.05, 0) is 111 Å². The third-order valence-electron chi connectivity index (χ3n) is 13.4. The van der Waals surface area contributed by atoms with Crippen LogP contribution in [0.15, 0.2) is 255 Å². The number of aromatic nitrogens is 1. The summed E-state index contributed by atoms with van der Waals surface area (Å²) in [6, 6.07) is 93.2. The smallest absolute Gasteiger partial charge is 0.0541 e. The summed E-state index contributed by atoms with van der Waals surface area (Å²) in [7, 11) is 0. The highest BCUT2D eigenvalue weighted by Crippen LogP contribution is 2.48. The molecule has 0 aliphatic carbocycles. The Balaban J connectivity index is 1.02. The molecule has 13 aromatic rings. The van der Waals surface area contributed by atoms with Gasteiger partial charge in [0.15, 0.2) is 0 Å². The summed E-state index contributed by atoms with van der Waals surface area (Å²) in [4.78, 5) is 2.44. The highest BCUT2D eigenvalue weighted by molar-refractivity contribution is 7.25. The maximum atomic E-state index is 2.44. The van der Waals surface area contributed by atoms with Crippen molar-refractivity contribution in [2.45, 2.75) is 0 Å².